The van der Waals surface area contributed by atoms with E-state index in [0.717, 1.165) is 32.1 Å². The van der Waals surface area contributed by atoms with Gasteiger partial charge in [0.2, 0.25) is 5.91 Å². The van der Waals surface area contributed by atoms with Gasteiger partial charge in [-0.2, -0.15) is 0 Å². The Kier molecular flexibility index (Phi) is 49.4. The van der Waals surface area contributed by atoms with Crippen LogP contribution in [0.25, 0.3) is 0 Å². The van der Waals surface area contributed by atoms with Gasteiger partial charge in [0, 0.05) is 6.42 Å². The maximum Gasteiger partial charge on any atom is 0.220 e. The lowest BCUT2D eigenvalue weighted by Crippen LogP contribution is -2.50. The van der Waals surface area contributed by atoms with Gasteiger partial charge < -0.3 is 20.6 Å². The third-order valence-corrected chi connectivity index (χ3v) is 13.2. The van der Waals surface area contributed by atoms with Crippen LogP contribution < -0.4 is 5.32 Å². The number of rotatable bonds is 51. The second-order valence-corrected chi connectivity index (χ2v) is 19.2. The molecular formula is C54H109NO4. The molecule has 0 saturated heterocycles. The number of nitrogens with one attached hydrogen (secondary N) is 1. The number of hydrogen-bond acceptors (Lipinski definition) is 4. The fourth-order valence-corrected chi connectivity index (χ4v) is 8.99. The van der Waals surface area contributed by atoms with E-state index < -0.39 is 18.2 Å². The molecular weight excluding hydrogens is 727 g/mol. The monoisotopic (exact) mass is 836 g/mol. The second-order valence-electron chi connectivity index (χ2n) is 19.2. The first-order valence-electron chi connectivity index (χ1n) is 27.3. The lowest BCUT2D eigenvalue weighted by molar-refractivity contribution is -0.124. The summed E-state index contributed by atoms with van der Waals surface area (Å²) >= 11 is 0. The zero-order valence-corrected chi connectivity index (χ0v) is 40.4. The topological polar surface area (TPSA) is 89.8 Å². The van der Waals surface area contributed by atoms with Gasteiger partial charge in [0.05, 0.1) is 18.8 Å². The van der Waals surface area contributed by atoms with Gasteiger partial charge in [0.15, 0.2) is 0 Å². The first-order chi connectivity index (χ1) is 29.1. The van der Waals surface area contributed by atoms with Gasteiger partial charge in [0.1, 0.15) is 6.10 Å². The highest BCUT2D eigenvalue weighted by Crippen LogP contribution is 2.18. The summed E-state index contributed by atoms with van der Waals surface area (Å²) in [6.07, 6.45) is 59.7. The summed E-state index contributed by atoms with van der Waals surface area (Å²) in [5, 5.41) is 33.7. The van der Waals surface area contributed by atoms with Crippen LogP contribution in [0.1, 0.15) is 316 Å². The van der Waals surface area contributed by atoms with E-state index in [9.17, 15) is 20.1 Å². The van der Waals surface area contributed by atoms with Gasteiger partial charge in [-0.3, -0.25) is 4.79 Å². The fourth-order valence-electron chi connectivity index (χ4n) is 8.99. The maximum absolute atomic E-state index is 12.5. The summed E-state index contributed by atoms with van der Waals surface area (Å²) in [7, 11) is 0. The van der Waals surface area contributed by atoms with E-state index in [0.29, 0.717) is 12.8 Å². The number of hydrogen-bond donors (Lipinski definition) is 4. The fraction of sp³-hybridized carbons (Fsp3) is 0.981. The van der Waals surface area contributed by atoms with Crippen LogP contribution in [-0.4, -0.2) is 46.1 Å². The molecule has 0 saturated carbocycles. The van der Waals surface area contributed by atoms with E-state index in [2.05, 4.69) is 19.2 Å². The average molecular weight is 836 g/mol. The molecule has 0 bridgehead atoms. The molecule has 0 aliphatic rings. The minimum Gasteiger partial charge on any atom is -0.394 e. The molecule has 59 heavy (non-hydrogen) atoms. The van der Waals surface area contributed by atoms with E-state index >= 15 is 0 Å². The van der Waals surface area contributed by atoms with Crippen LogP contribution in [0.4, 0.5) is 0 Å². The van der Waals surface area contributed by atoms with E-state index in [-0.39, 0.29) is 12.5 Å². The third kappa shape index (κ3) is 45.2. The standard InChI is InChI=1S/C54H109NO4/c1-3-5-7-9-11-13-15-17-19-21-22-23-24-25-26-27-28-29-30-31-32-33-35-37-39-41-43-45-47-49-53(58)55-51(50-56)54(59)52(57)48-46-44-42-40-38-36-34-20-18-16-14-12-10-8-6-4-2/h51-52,54,56-57,59H,3-50H2,1-2H3,(H,55,58)/t51-,52+,54-/m0/s1. The van der Waals surface area contributed by atoms with Crippen molar-refractivity contribution >= 4 is 5.91 Å². The molecule has 0 aromatic heterocycles. The van der Waals surface area contributed by atoms with Crippen LogP contribution in [0.3, 0.4) is 0 Å². The van der Waals surface area contributed by atoms with Crippen molar-refractivity contribution in [3.8, 4) is 0 Å². The minimum absolute atomic E-state index is 0.136. The molecule has 0 aliphatic carbocycles. The van der Waals surface area contributed by atoms with Crippen molar-refractivity contribution in [3.63, 3.8) is 0 Å². The van der Waals surface area contributed by atoms with Crippen molar-refractivity contribution in [1.29, 1.82) is 0 Å². The molecule has 5 nitrogen and oxygen atoms in total. The molecule has 354 valence electrons. The molecule has 0 unspecified atom stereocenters. The highest BCUT2D eigenvalue weighted by Gasteiger charge is 2.26. The molecule has 0 radical (unpaired) electrons. The van der Waals surface area contributed by atoms with Crippen LogP contribution in [0.5, 0.6) is 0 Å². The molecule has 3 atom stereocenters. The van der Waals surface area contributed by atoms with Gasteiger partial charge >= 0.3 is 0 Å². The minimum atomic E-state index is -1.13. The molecule has 0 aromatic carbocycles. The van der Waals surface area contributed by atoms with Gasteiger partial charge in [-0.25, -0.2) is 0 Å². The molecule has 0 rings (SSSR count). The number of carbonyl (C=O) groups is 1. The second kappa shape index (κ2) is 50.0. The number of amides is 1. The Balaban J connectivity index is 3.47. The maximum atomic E-state index is 12.5. The van der Waals surface area contributed by atoms with Crippen molar-refractivity contribution in [2.45, 2.75) is 334 Å². The summed E-state index contributed by atoms with van der Waals surface area (Å²) < 4.78 is 0. The number of carbonyl (C=O) groups excluding carboxylic acids is 1. The van der Waals surface area contributed by atoms with E-state index in [1.807, 2.05) is 0 Å². The van der Waals surface area contributed by atoms with Crippen LogP contribution in [0.2, 0.25) is 0 Å². The molecule has 0 spiro atoms. The van der Waals surface area contributed by atoms with Gasteiger partial charge in [-0.15, -0.1) is 0 Å². The highest BCUT2D eigenvalue weighted by molar-refractivity contribution is 5.76. The average Bonchev–Trinajstić information content (AvgIpc) is 3.24. The lowest BCUT2D eigenvalue weighted by atomic mass is 9.99. The van der Waals surface area contributed by atoms with E-state index in [1.165, 1.54) is 257 Å². The molecule has 1 amide bonds. The highest BCUT2D eigenvalue weighted by atomic mass is 16.3. The van der Waals surface area contributed by atoms with Crippen molar-refractivity contribution in [2.75, 3.05) is 6.61 Å². The SMILES string of the molecule is CCCCCCCCCCCCCCCCCCCCCCCCCCCCCCCC(=O)N[C@@H](CO)[C@H](O)[C@H](O)CCCCCCCCCCCCCCCCCC. The Morgan fingerprint density at radius 1 is 0.356 bits per heavy atom. The molecule has 0 fully saturated rings. The predicted octanol–water partition coefficient (Wildman–Crippen LogP) is 16.6. The van der Waals surface area contributed by atoms with Crippen molar-refractivity contribution < 1.29 is 20.1 Å². The van der Waals surface area contributed by atoms with Gasteiger partial charge in [-0.05, 0) is 12.8 Å². The van der Waals surface area contributed by atoms with Gasteiger partial charge in [-0.1, -0.05) is 296 Å². The zero-order valence-electron chi connectivity index (χ0n) is 40.4. The predicted molar refractivity (Wildman–Crippen MR) is 259 cm³/mol. The van der Waals surface area contributed by atoms with Crippen LogP contribution >= 0.6 is 0 Å². The first-order valence-corrected chi connectivity index (χ1v) is 27.3. The number of aliphatic hydroxyl groups is 3. The third-order valence-electron chi connectivity index (χ3n) is 13.2. The van der Waals surface area contributed by atoms with Crippen molar-refractivity contribution in [1.82, 2.24) is 5.32 Å². The summed E-state index contributed by atoms with van der Waals surface area (Å²) in [5.41, 5.74) is 0. The molecule has 5 heteroatoms. The lowest BCUT2D eigenvalue weighted by Gasteiger charge is -2.26. The Labute approximate surface area is 370 Å². The Morgan fingerprint density at radius 3 is 0.814 bits per heavy atom. The first kappa shape index (κ1) is 58.4. The van der Waals surface area contributed by atoms with E-state index in [4.69, 9.17) is 0 Å². The smallest absolute Gasteiger partial charge is 0.220 e. The van der Waals surface area contributed by atoms with Crippen LogP contribution in [0, 0.1) is 0 Å². The molecule has 0 aromatic rings. The Hall–Kier alpha value is -0.650. The van der Waals surface area contributed by atoms with Gasteiger partial charge in [0.25, 0.3) is 0 Å². The summed E-state index contributed by atoms with van der Waals surface area (Å²) in [4.78, 5) is 12.5. The molecule has 0 aliphatic heterocycles. The number of aliphatic hydroxyl groups excluding tert-OH is 3. The quantitative estimate of drug-likeness (QED) is 0.0460. The molecule has 0 heterocycles. The summed E-state index contributed by atoms with van der Waals surface area (Å²) in [6.45, 7) is 4.22. The zero-order chi connectivity index (χ0) is 43.0. The van der Waals surface area contributed by atoms with Crippen molar-refractivity contribution in [2.24, 2.45) is 0 Å². The van der Waals surface area contributed by atoms with E-state index in [1.54, 1.807) is 0 Å². The van der Waals surface area contributed by atoms with Crippen molar-refractivity contribution in [3.05, 3.63) is 0 Å². The largest absolute Gasteiger partial charge is 0.394 e. The normalized spacial score (nSPS) is 13.2. The Bertz CT molecular complexity index is 792. The summed E-state index contributed by atoms with van der Waals surface area (Å²) in [6, 6.07) is -0.804. The Morgan fingerprint density at radius 2 is 0.576 bits per heavy atom. The summed E-state index contributed by atoms with van der Waals surface area (Å²) in [5.74, 6) is -0.136. The van der Waals surface area contributed by atoms with Crippen LogP contribution in [-0.2, 0) is 4.79 Å². The molecule has 4 N–H and O–H groups in total. The van der Waals surface area contributed by atoms with Crippen LogP contribution in [0.15, 0.2) is 0 Å². The number of unbranched alkanes of at least 4 members (excludes halogenated alkanes) is 43.